The second-order valence-electron chi connectivity index (χ2n) is 6.30. The van der Waals surface area contributed by atoms with E-state index in [9.17, 15) is 13.2 Å². The van der Waals surface area contributed by atoms with E-state index in [2.05, 4.69) is 4.72 Å². The number of carbonyl (C=O) groups excluding carboxylic acids is 1. The molecule has 0 aliphatic carbocycles. The zero-order valence-corrected chi connectivity index (χ0v) is 16.7. The van der Waals surface area contributed by atoms with Gasteiger partial charge in [-0.3, -0.25) is 4.72 Å². The van der Waals surface area contributed by atoms with E-state index in [1.807, 2.05) is 31.2 Å². The van der Waals surface area contributed by atoms with Gasteiger partial charge < -0.3 is 9.47 Å². The molecule has 0 fully saturated rings. The predicted octanol–water partition coefficient (Wildman–Crippen LogP) is 4.03. The fourth-order valence-electron chi connectivity index (χ4n) is 2.61. The van der Waals surface area contributed by atoms with Gasteiger partial charge in [0.05, 0.1) is 10.5 Å². The Bertz CT molecular complexity index is 1080. The van der Waals surface area contributed by atoms with E-state index in [-0.39, 0.29) is 29.4 Å². The minimum Gasteiger partial charge on any atom is -0.490 e. The van der Waals surface area contributed by atoms with Crippen LogP contribution in [-0.2, 0) is 14.8 Å². The molecule has 0 aliphatic heterocycles. The van der Waals surface area contributed by atoms with Crippen LogP contribution in [0.15, 0.2) is 83.8 Å². The van der Waals surface area contributed by atoms with Crippen molar-refractivity contribution in [1.29, 1.82) is 0 Å². The van der Waals surface area contributed by atoms with Crippen LogP contribution >= 0.6 is 0 Å². The van der Waals surface area contributed by atoms with Crippen molar-refractivity contribution in [3.05, 3.63) is 90.0 Å². The number of nitrogens with one attached hydrogen (secondary N) is 1. The Kier molecular flexibility index (Phi) is 6.51. The molecule has 0 aliphatic rings. The molecule has 150 valence electrons. The minimum atomic E-state index is -3.73. The van der Waals surface area contributed by atoms with Gasteiger partial charge in [-0.15, -0.1) is 0 Å². The Morgan fingerprint density at radius 2 is 1.66 bits per heavy atom. The Hall–Kier alpha value is -3.32. The van der Waals surface area contributed by atoms with E-state index < -0.39 is 16.0 Å². The second kappa shape index (κ2) is 9.25. The maximum absolute atomic E-state index is 12.4. The normalized spacial score (nSPS) is 10.9. The number of hydrogen-bond acceptors (Lipinski definition) is 5. The summed E-state index contributed by atoms with van der Waals surface area (Å²) in [5, 5.41) is 0. The van der Waals surface area contributed by atoms with Crippen molar-refractivity contribution < 1.29 is 22.7 Å². The second-order valence-corrected chi connectivity index (χ2v) is 7.98. The molecule has 0 aromatic heterocycles. The van der Waals surface area contributed by atoms with Crippen LogP contribution in [0.5, 0.6) is 5.75 Å². The van der Waals surface area contributed by atoms with Crippen LogP contribution in [0.4, 0.5) is 5.69 Å². The summed E-state index contributed by atoms with van der Waals surface area (Å²) < 4.78 is 38.0. The molecule has 0 radical (unpaired) electrons. The average molecular weight is 411 g/mol. The third-order valence-corrected chi connectivity index (χ3v) is 5.38. The summed E-state index contributed by atoms with van der Waals surface area (Å²) in [4.78, 5) is 12.4. The molecule has 0 atom stereocenters. The molecule has 7 heteroatoms. The lowest BCUT2D eigenvalue weighted by molar-refractivity contribution is 0.0450. The number of benzene rings is 3. The van der Waals surface area contributed by atoms with Gasteiger partial charge >= 0.3 is 5.97 Å². The Morgan fingerprint density at radius 1 is 0.897 bits per heavy atom. The first kappa shape index (κ1) is 20.4. The molecule has 29 heavy (non-hydrogen) atoms. The molecule has 3 aromatic carbocycles. The number of hydrogen-bond donors (Lipinski definition) is 1. The lowest BCUT2D eigenvalue weighted by Gasteiger charge is -2.10. The third kappa shape index (κ3) is 5.83. The lowest BCUT2D eigenvalue weighted by Crippen LogP contribution is -2.14. The molecule has 0 saturated carbocycles. The Balaban J connectivity index is 1.56. The molecule has 1 N–H and O–H groups in total. The highest BCUT2D eigenvalue weighted by atomic mass is 32.2. The summed E-state index contributed by atoms with van der Waals surface area (Å²) >= 11 is 0. The first-order valence-electron chi connectivity index (χ1n) is 8.98. The number of aryl methyl sites for hydroxylation is 1. The van der Waals surface area contributed by atoms with Crippen LogP contribution in [0, 0.1) is 6.92 Å². The average Bonchev–Trinajstić information content (AvgIpc) is 2.72. The highest BCUT2D eigenvalue weighted by Crippen LogP contribution is 2.18. The number of esters is 1. The fraction of sp³-hybridized carbons (Fsp3) is 0.136. The Morgan fingerprint density at radius 3 is 2.41 bits per heavy atom. The van der Waals surface area contributed by atoms with Crippen molar-refractivity contribution in [3.8, 4) is 5.75 Å². The number of ether oxygens (including phenoxy) is 2. The monoisotopic (exact) mass is 411 g/mol. The van der Waals surface area contributed by atoms with Crippen LogP contribution in [0.3, 0.4) is 0 Å². The van der Waals surface area contributed by atoms with Crippen LogP contribution in [0.2, 0.25) is 0 Å². The van der Waals surface area contributed by atoms with Crippen molar-refractivity contribution in [2.75, 3.05) is 17.9 Å². The summed E-state index contributed by atoms with van der Waals surface area (Å²) in [6, 6.07) is 21.7. The van der Waals surface area contributed by atoms with Gasteiger partial charge in [0.1, 0.15) is 19.0 Å². The number of anilines is 1. The molecule has 0 saturated heterocycles. The minimum absolute atomic E-state index is 0.0761. The maximum atomic E-state index is 12.4. The van der Waals surface area contributed by atoms with Crippen molar-refractivity contribution in [2.45, 2.75) is 11.8 Å². The van der Waals surface area contributed by atoms with Gasteiger partial charge in [0, 0.05) is 5.69 Å². The SMILES string of the molecule is Cc1cccc(OCCOC(=O)c2cccc(NS(=O)(=O)c3ccccc3)c2)c1. The van der Waals surface area contributed by atoms with Crippen LogP contribution in [-0.4, -0.2) is 27.6 Å². The zero-order chi connectivity index (χ0) is 20.7. The highest BCUT2D eigenvalue weighted by Gasteiger charge is 2.15. The molecule has 3 rings (SSSR count). The molecule has 0 unspecified atom stereocenters. The summed E-state index contributed by atoms with van der Waals surface area (Å²) in [6.45, 7) is 2.26. The van der Waals surface area contributed by atoms with Gasteiger partial charge in [0.25, 0.3) is 10.0 Å². The quantitative estimate of drug-likeness (QED) is 0.447. The van der Waals surface area contributed by atoms with E-state index >= 15 is 0 Å². The highest BCUT2D eigenvalue weighted by molar-refractivity contribution is 7.92. The largest absolute Gasteiger partial charge is 0.490 e. The van der Waals surface area contributed by atoms with Gasteiger partial charge in [0.15, 0.2) is 0 Å². The van der Waals surface area contributed by atoms with Crippen molar-refractivity contribution in [3.63, 3.8) is 0 Å². The lowest BCUT2D eigenvalue weighted by atomic mass is 10.2. The number of rotatable bonds is 8. The summed E-state index contributed by atoms with van der Waals surface area (Å²) in [6.07, 6.45) is 0. The van der Waals surface area contributed by atoms with Gasteiger partial charge in [-0.1, -0.05) is 36.4 Å². The zero-order valence-electron chi connectivity index (χ0n) is 15.9. The topological polar surface area (TPSA) is 81.7 Å². The number of sulfonamides is 1. The van der Waals surface area contributed by atoms with Crippen molar-refractivity contribution >= 4 is 21.7 Å². The molecule has 0 amide bonds. The van der Waals surface area contributed by atoms with E-state index in [0.717, 1.165) is 5.56 Å². The standard InChI is InChI=1S/C22H21NO5S/c1-17-7-5-10-20(15-17)27-13-14-28-22(24)18-8-6-9-19(16-18)23-29(25,26)21-11-3-2-4-12-21/h2-12,15-16,23H,13-14H2,1H3. The predicted molar refractivity (Wildman–Crippen MR) is 111 cm³/mol. The first-order valence-corrected chi connectivity index (χ1v) is 10.5. The van der Waals surface area contributed by atoms with Gasteiger partial charge in [-0.25, -0.2) is 13.2 Å². The van der Waals surface area contributed by atoms with E-state index in [4.69, 9.17) is 9.47 Å². The van der Waals surface area contributed by atoms with E-state index in [1.54, 1.807) is 36.4 Å². The van der Waals surface area contributed by atoms with Crippen LogP contribution < -0.4 is 9.46 Å². The number of carbonyl (C=O) groups is 1. The van der Waals surface area contributed by atoms with Gasteiger partial charge in [-0.05, 0) is 55.0 Å². The summed E-state index contributed by atoms with van der Waals surface area (Å²) in [5.74, 6) is 0.150. The van der Waals surface area contributed by atoms with Crippen LogP contribution in [0.1, 0.15) is 15.9 Å². The summed E-state index contributed by atoms with van der Waals surface area (Å²) in [7, 11) is -3.73. The molecule has 0 bridgehead atoms. The maximum Gasteiger partial charge on any atom is 0.338 e. The summed E-state index contributed by atoms with van der Waals surface area (Å²) in [5.41, 5.74) is 1.60. The Labute approximate surface area is 170 Å². The molecule has 0 heterocycles. The first-order chi connectivity index (χ1) is 13.9. The van der Waals surface area contributed by atoms with Crippen LogP contribution in [0.25, 0.3) is 0 Å². The smallest absolute Gasteiger partial charge is 0.338 e. The molecule has 6 nitrogen and oxygen atoms in total. The van der Waals surface area contributed by atoms with E-state index in [0.29, 0.717) is 5.75 Å². The van der Waals surface area contributed by atoms with Gasteiger partial charge in [-0.2, -0.15) is 0 Å². The molecule has 0 spiro atoms. The molecular weight excluding hydrogens is 390 g/mol. The molecule has 3 aromatic rings. The van der Waals surface area contributed by atoms with Gasteiger partial charge in [0.2, 0.25) is 0 Å². The fourth-order valence-corrected chi connectivity index (χ4v) is 3.68. The van der Waals surface area contributed by atoms with E-state index in [1.165, 1.54) is 18.2 Å². The van der Waals surface area contributed by atoms with Crippen molar-refractivity contribution in [2.24, 2.45) is 0 Å². The molecular formula is C22H21NO5S. The van der Waals surface area contributed by atoms with Crippen molar-refractivity contribution in [1.82, 2.24) is 0 Å². The third-order valence-electron chi connectivity index (χ3n) is 3.98.